The summed E-state index contributed by atoms with van der Waals surface area (Å²) in [6.45, 7) is 4.04. The lowest BCUT2D eigenvalue weighted by Crippen LogP contribution is -1.85. The Morgan fingerprint density at radius 2 is 1.25 bits per heavy atom. The number of aryl methyl sites for hydroxylation is 2. The highest BCUT2D eigenvalue weighted by atomic mass is 14.7. The van der Waals surface area contributed by atoms with E-state index < -0.39 is 0 Å². The zero-order valence-electron chi connectivity index (χ0n) is 7.20. The Bertz CT molecular complexity index is 380. The first-order chi connectivity index (χ1) is 5.75. The van der Waals surface area contributed by atoms with Gasteiger partial charge in [-0.15, -0.1) is 0 Å². The molecule has 0 aliphatic carbocycles. The minimum absolute atomic E-state index is 0.973. The average molecular weight is 158 g/mol. The van der Waals surface area contributed by atoms with Crippen molar-refractivity contribution in [1.29, 1.82) is 0 Å². The summed E-state index contributed by atoms with van der Waals surface area (Å²) >= 11 is 0. The molecule has 0 saturated carbocycles. The van der Waals surface area contributed by atoms with Crippen LogP contribution < -0.4 is 0 Å². The lowest BCUT2D eigenvalue weighted by molar-refractivity contribution is 1.26. The third-order valence-corrected chi connectivity index (χ3v) is 1.81. The van der Waals surface area contributed by atoms with Crippen LogP contribution in [0.3, 0.4) is 0 Å². The molecule has 0 radical (unpaired) electrons. The maximum Gasteiger partial charge on any atom is 0.0889 e. The fourth-order valence-corrected chi connectivity index (χ4v) is 1.20. The average Bonchev–Trinajstić information content (AvgIpc) is 2.05. The molecule has 2 heterocycles. The topological polar surface area (TPSA) is 25.8 Å². The summed E-state index contributed by atoms with van der Waals surface area (Å²) in [7, 11) is 0. The zero-order chi connectivity index (χ0) is 8.55. The lowest BCUT2D eigenvalue weighted by atomic mass is 10.2. The molecule has 0 N–H and O–H groups in total. The van der Waals surface area contributed by atoms with E-state index in [2.05, 4.69) is 9.97 Å². The van der Waals surface area contributed by atoms with Crippen LogP contribution >= 0.6 is 0 Å². The Kier molecular flexibility index (Phi) is 1.54. The van der Waals surface area contributed by atoms with Crippen LogP contribution in [0.15, 0.2) is 24.5 Å². The molecule has 0 amide bonds. The van der Waals surface area contributed by atoms with E-state index in [4.69, 9.17) is 0 Å². The monoisotopic (exact) mass is 158 g/mol. The smallest absolute Gasteiger partial charge is 0.0889 e. The van der Waals surface area contributed by atoms with Crippen LogP contribution in [0.1, 0.15) is 11.1 Å². The summed E-state index contributed by atoms with van der Waals surface area (Å²) in [5.41, 5.74) is 4.25. The van der Waals surface area contributed by atoms with Gasteiger partial charge in [0.2, 0.25) is 0 Å². The number of hydrogen-bond donors (Lipinski definition) is 0. The Hall–Kier alpha value is -1.44. The van der Waals surface area contributed by atoms with Crippen LogP contribution in [0.4, 0.5) is 0 Å². The number of hydrogen-bond acceptors (Lipinski definition) is 2. The second-order valence-electron chi connectivity index (χ2n) is 3.06. The Labute approximate surface area is 71.3 Å². The lowest BCUT2D eigenvalue weighted by Gasteiger charge is -1.98. The SMILES string of the molecule is Cc1cnc2cc(C)cnc2c1. The van der Waals surface area contributed by atoms with Gasteiger partial charge in [-0.1, -0.05) is 0 Å². The Balaban J connectivity index is 2.79. The molecule has 0 aliphatic rings. The van der Waals surface area contributed by atoms with E-state index in [1.165, 1.54) is 0 Å². The molecule has 0 bridgehead atoms. The molecule has 2 nitrogen and oxygen atoms in total. The van der Waals surface area contributed by atoms with Crippen LogP contribution in [-0.2, 0) is 0 Å². The second-order valence-corrected chi connectivity index (χ2v) is 3.06. The largest absolute Gasteiger partial charge is 0.254 e. The first kappa shape index (κ1) is 7.22. The van der Waals surface area contributed by atoms with Crippen molar-refractivity contribution < 1.29 is 0 Å². The fraction of sp³-hybridized carbons (Fsp3) is 0.200. The van der Waals surface area contributed by atoms with Crippen LogP contribution in [0.5, 0.6) is 0 Å². The molecular formula is C10H10N2. The van der Waals surface area contributed by atoms with Gasteiger partial charge in [0.25, 0.3) is 0 Å². The van der Waals surface area contributed by atoms with Crippen molar-refractivity contribution >= 4 is 11.0 Å². The third-order valence-electron chi connectivity index (χ3n) is 1.81. The Morgan fingerprint density at radius 1 is 0.833 bits per heavy atom. The van der Waals surface area contributed by atoms with Crippen molar-refractivity contribution in [2.45, 2.75) is 13.8 Å². The van der Waals surface area contributed by atoms with Crippen LogP contribution in [0.25, 0.3) is 11.0 Å². The Morgan fingerprint density at radius 3 is 1.67 bits per heavy atom. The molecule has 2 rings (SSSR count). The highest BCUT2D eigenvalue weighted by Crippen LogP contribution is 2.10. The van der Waals surface area contributed by atoms with Gasteiger partial charge >= 0.3 is 0 Å². The van der Waals surface area contributed by atoms with E-state index in [9.17, 15) is 0 Å². The van der Waals surface area contributed by atoms with Gasteiger partial charge in [0.15, 0.2) is 0 Å². The maximum absolute atomic E-state index is 4.28. The van der Waals surface area contributed by atoms with E-state index in [-0.39, 0.29) is 0 Å². The fourth-order valence-electron chi connectivity index (χ4n) is 1.20. The summed E-state index contributed by atoms with van der Waals surface area (Å²) in [6.07, 6.45) is 3.73. The van der Waals surface area contributed by atoms with Crippen LogP contribution in [-0.4, -0.2) is 9.97 Å². The van der Waals surface area contributed by atoms with Gasteiger partial charge in [-0.05, 0) is 37.1 Å². The summed E-state index contributed by atoms with van der Waals surface area (Å²) in [5, 5.41) is 0. The quantitative estimate of drug-likeness (QED) is 0.587. The predicted molar refractivity (Wildman–Crippen MR) is 49.0 cm³/mol. The van der Waals surface area contributed by atoms with Crippen LogP contribution in [0, 0.1) is 13.8 Å². The summed E-state index contributed by atoms with van der Waals surface area (Å²) < 4.78 is 0. The minimum atomic E-state index is 0.973. The van der Waals surface area contributed by atoms with E-state index in [0.717, 1.165) is 22.2 Å². The molecule has 12 heavy (non-hydrogen) atoms. The number of rotatable bonds is 0. The van der Waals surface area contributed by atoms with Gasteiger partial charge in [-0.25, -0.2) is 0 Å². The normalized spacial score (nSPS) is 10.5. The van der Waals surface area contributed by atoms with Crippen molar-refractivity contribution in [2.75, 3.05) is 0 Å². The zero-order valence-corrected chi connectivity index (χ0v) is 7.20. The van der Waals surface area contributed by atoms with E-state index in [1.54, 1.807) is 0 Å². The minimum Gasteiger partial charge on any atom is -0.254 e. The molecule has 60 valence electrons. The molecular weight excluding hydrogens is 148 g/mol. The number of aromatic nitrogens is 2. The standard InChI is InChI=1S/C10H10N2/c1-7-3-9-10(11-5-7)4-8(2)6-12-9/h3-6H,1-2H3. The summed E-state index contributed by atoms with van der Waals surface area (Å²) in [4.78, 5) is 8.56. The molecule has 0 aromatic carbocycles. The first-order valence-corrected chi connectivity index (χ1v) is 3.95. The van der Waals surface area contributed by atoms with Gasteiger partial charge < -0.3 is 0 Å². The van der Waals surface area contributed by atoms with Gasteiger partial charge in [-0.2, -0.15) is 0 Å². The summed E-state index contributed by atoms with van der Waals surface area (Å²) in [5.74, 6) is 0. The van der Waals surface area contributed by atoms with E-state index in [1.807, 2.05) is 38.4 Å². The van der Waals surface area contributed by atoms with Crippen LogP contribution in [0.2, 0.25) is 0 Å². The highest BCUT2D eigenvalue weighted by molar-refractivity contribution is 5.74. The molecule has 0 aliphatic heterocycles. The number of nitrogens with zero attached hydrogens (tertiary/aromatic N) is 2. The molecule has 0 fully saturated rings. The molecule has 0 spiro atoms. The number of fused-ring (bicyclic) bond motifs is 1. The maximum atomic E-state index is 4.28. The van der Waals surface area contributed by atoms with E-state index >= 15 is 0 Å². The third kappa shape index (κ3) is 1.16. The molecule has 0 atom stereocenters. The number of pyridine rings is 2. The van der Waals surface area contributed by atoms with Gasteiger partial charge in [-0.3, -0.25) is 9.97 Å². The van der Waals surface area contributed by atoms with Gasteiger partial charge in [0.05, 0.1) is 11.0 Å². The molecule has 0 unspecified atom stereocenters. The van der Waals surface area contributed by atoms with Crippen molar-refractivity contribution in [3.05, 3.63) is 35.7 Å². The van der Waals surface area contributed by atoms with Gasteiger partial charge in [0, 0.05) is 12.4 Å². The molecule has 2 aromatic heterocycles. The molecule has 0 saturated heterocycles. The molecule has 2 heteroatoms. The molecule has 2 aromatic rings. The second kappa shape index (κ2) is 2.55. The van der Waals surface area contributed by atoms with Crippen molar-refractivity contribution in [2.24, 2.45) is 0 Å². The van der Waals surface area contributed by atoms with E-state index in [0.29, 0.717) is 0 Å². The van der Waals surface area contributed by atoms with Crippen molar-refractivity contribution in [3.8, 4) is 0 Å². The van der Waals surface area contributed by atoms with Crippen molar-refractivity contribution in [3.63, 3.8) is 0 Å². The van der Waals surface area contributed by atoms with Gasteiger partial charge in [0.1, 0.15) is 0 Å². The highest BCUT2D eigenvalue weighted by Gasteiger charge is 1.95. The predicted octanol–water partition coefficient (Wildman–Crippen LogP) is 2.25. The van der Waals surface area contributed by atoms with Crippen molar-refractivity contribution in [1.82, 2.24) is 9.97 Å². The first-order valence-electron chi connectivity index (χ1n) is 3.95. The summed E-state index contributed by atoms with van der Waals surface area (Å²) in [6, 6.07) is 4.09.